The molecule has 0 aliphatic rings. The summed E-state index contributed by atoms with van der Waals surface area (Å²) < 4.78 is 28.8. The van der Waals surface area contributed by atoms with Crippen LogP contribution in [0.3, 0.4) is 0 Å². The van der Waals surface area contributed by atoms with Crippen molar-refractivity contribution < 1.29 is 18.0 Å². The number of anilines is 1. The fraction of sp³-hybridized carbons (Fsp3) is 0.310. The van der Waals surface area contributed by atoms with Crippen molar-refractivity contribution in [2.75, 3.05) is 17.9 Å². The smallest absolute Gasteiger partial charge is 0.264 e. The molecule has 1 unspecified atom stereocenters. The van der Waals surface area contributed by atoms with Gasteiger partial charge in [-0.15, -0.1) is 0 Å². The first kappa shape index (κ1) is 27.9. The molecule has 1 atom stereocenters. The fourth-order valence-electron chi connectivity index (χ4n) is 4.21. The van der Waals surface area contributed by atoms with Gasteiger partial charge in [0.25, 0.3) is 10.0 Å². The van der Waals surface area contributed by atoms with Crippen LogP contribution in [-0.4, -0.2) is 44.8 Å². The lowest BCUT2D eigenvalue weighted by molar-refractivity contribution is -0.140. The van der Waals surface area contributed by atoms with Gasteiger partial charge in [-0.05, 0) is 68.1 Å². The largest absolute Gasteiger partial charge is 0.357 e. The highest BCUT2D eigenvalue weighted by Crippen LogP contribution is 2.26. The number of carbonyl (C=O) groups is 2. The Hall–Kier alpha value is -3.65. The third-order valence-corrected chi connectivity index (χ3v) is 8.20. The molecular weight excluding hydrogens is 486 g/mol. The SMILES string of the molecule is CCC(C(=O)NC)N(Cc1ccccc1C)C(=O)CN(c1cccc(C)c1)S(=O)(=O)c1ccc(C)cc1. The van der Waals surface area contributed by atoms with Gasteiger partial charge in [0, 0.05) is 13.6 Å². The van der Waals surface area contributed by atoms with Crippen molar-refractivity contribution in [1.82, 2.24) is 10.2 Å². The number of nitrogens with zero attached hydrogens (tertiary/aromatic N) is 2. The van der Waals surface area contributed by atoms with Crippen molar-refractivity contribution in [3.63, 3.8) is 0 Å². The van der Waals surface area contributed by atoms with E-state index in [1.54, 1.807) is 42.5 Å². The normalized spacial score (nSPS) is 12.0. The fourth-order valence-corrected chi connectivity index (χ4v) is 5.61. The van der Waals surface area contributed by atoms with Crippen LogP contribution in [0.5, 0.6) is 0 Å². The number of aryl methyl sites for hydroxylation is 3. The molecule has 1 N–H and O–H groups in total. The van der Waals surface area contributed by atoms with E-state index in [1.807, 2.05) is 58.0 Å². The Bertz CT molecular complexity index is 1350. The van der Waals surface area contributed by atoms with Crippen LogP contribution in [0, 0.1) is 20.8 Å². The van der Waals surface area contributed by atoms with Crippen LogP contribution in [0.2, 0.25) is 0 Å². The monoisotopic (exact) mass is 521 g/mol. The van der Waals surface area contributed by atoms with Gasteiger partial charge in [-0.3, -0.25) is 13.9 Å². The van der Waals surface area contributed by atoms with E-state index in [0.29, 0.717) is 12.1 Å². The Morgan fingerprint density at radius 3 is 2.16 bits per heavy atom. The molecule has 0 aliphatic carbocycles. The maximum atomic E-state index is 13.9. The van der Waals surface area contributed by atoms with Gasteiger partial charge in [0.05, 0.1) is 10.6 Å². The highest BCUT2D eigenvalue weighted by atomic mass is 32.2. The number of rotatable bonds is 10. The van der Waals surface area contributed by atoms with Crippen LogP contribution in [0.1, 0.15) is 35.6 Å². The first-order valence-electron chi connectivity index (χ1n) is 12.3. The van der Waals surface area contributed by atoms with Gasteiger partial charge in [0.2, 0.25) is 11.8 Å². The Labute approximate surface area is 220 Å². The van der Waals surface area contributed by atoms with Gasteiger partial charge in [-0.25, -0.2) is 8.42 Å². The summed E-state index contributed by atoms with van der Waals surface area (Å²) in [5, 5.41) is 2.64. The summed E-state index contributed by atoms with van der Waals surface area (Å²) in [6.07, 6.45) is 0.381. The lowest BCUT2D eigenvalue weighted by atomic mass is 10.1. The van der Waals surface area contributed by atoms with E-state index in [0.717, 1.165) is 26.6 Å². The maximum Gasteiger partial charge on any atom is 0.264 e. The van der Waals surface area contributed by atoms with Gasteiger partial charge < -0.3 is 10.2 Å². The van der Waals surface area contributed by atoms with Crippen LogP contribution >= 0.6 is 0 Å². The average molecular weight is 522 g/mol. The third kappa shape index (κ3) is 6.57. The molecule has 0 fully saturated rings. The molecule has 196 valence electrons. The number of likely N-dealkylation sites (N-methyl/N-ethyl adjacent to an activating group) is 1. The van der Waals surface area contributed by atoms with Gasteiger partial charge in [-0.2, -0.15) is 0 Å². The van der Waals surface area contributed by atoms with Crippen molar-refractivity contribution >= 4 is 27.5 Å². The predicted octanol–water partition coefficient (Wildman–Crippen LogP) is 4.36. The molecule has 0 bridgehead atoms. The summed E-state index contributed by atoms with van der Waals surface area (Å²) in [7, 11) is -2.54. The molecule has 0 radical (unpaired) electrons. The van der Waals surface area contributed by atoms with Crippen LogP contribution in [0.4, 0.5) is 5.69 Å². The molecule has 37 heavy (non-hydrogen) atoms. The Morgan fingerprint density at radius 2 is 1.57 bits per heavy atom. The summed E-state index contributed by atoms with van der Waals surface area (Å²) in [5.41, 5.74) is 4.05. The average Bonchev–Trinajstić information content (AvgIpc) is 2.88. The number of hydrogen-bond donors (Lipinski definition) is 1. The molecular formula is C29H35N3O4S. The number of amides is 2. The van der Waals surface area contributed by atoms with Crippen LogP contribution in [0.25, 0.3) is 0 Å². The maximum absolute atomic E-state index is 13.9. The van der Waals surface area contributed by atoms with Crippen molar-refractivity contribution in [3.05, 3.63) is 95.1 Å². The standard InChI is InChI=1S/C29H35N3O4S/c1-6-27(29(34)30-5)31(19-24-12-8-7-11-23(24)4)28(33)20-32(25-13-9-10-22(3)18-25)37(35,36)26-16-14-21(2)15-17-26/h7-18,27H,6,19-20H2,1-5H3,(H,30,34). The van der Waals surface area contributed by atoms with Crippen LogP contribution < -0.4 is 9.62 Å². The topological polar surface area (TPSA) is 86.8 Å². The van der Waals surface area contributed by atoms with Crippen LogP contribution in [-0.2, 0) is 26.2 Å². The molecule has 0 saturated carbocycles. The van der Waals surface area contributed by atoms with Gasteiger partial charge in [0.15, 0.2) is 0 Å². The first-order chi connectivity index (χ1) is 17.6. The molecule has 2 amide bonds. The molecule has 7 nitrogen and oxygen atoms in total. The summed E-state index contributed by atoms with van der Waals surface area (Å²) in [4.78, 5) is 28.3. The number of sulfonamides is 1. The predicted molar refractivity (Wildman–Crippen MR) is 147 cm³/mol. The minimum absolute atomic E-state index is 0.0937. The zero-order chi connectivity index (χ0) is 27.2. The summed E-state index contributed by atoms with van der Waals surface area (Å²) in [6.45, 7) is 7.26. The second-order valence-corrected chi connectivity index (χ2v) is 11.0. The van der Waals surface area contributed by atoms with Gasteiger partial charge >= 0.3 is 0 Å². The quantitative estimate of drug-likeness (QED) is 0.430. The van der Waals surface area contributed by atoms with Crippen molar-refractivity contribution in [2.45, 2.75) is 51.6 Å². The second kappa shape index (κ2) is 12.1. The van der Waals surface area contributed by atoms with E-state index in [9.17, 15) is 18.0 Å². The lowest BCUT2D eigenvalue weighted by Crippen LogP contribution is -2.51. The minimum atomic E-state index is -4.07. The molecule has 3 aromatic rings. The molecule has 0 aliphatic heterocycles. The molecule has 0 aromatic heterocycles. The van der Waals surface area contributed by atoms with Gasteiger partial charge in [0.1, 0.15) is 12.6 Å². The second-order valence-electron chi connectivity index (χ2n) is 9.15. The summed E-state index contributed by atoms with van der Waals surface area (Å²) >= 11 is 0. The third-order valence-electron chi connectivity index (χ3n) is 6.41. The Kier molecular flexibility index (Phi) is 9.10. The molecule has 0 heterocycles. The lowest BCUT2D eigenvalue weighted by Gasteiger charge is -2.33. The summed E-state index contributed by atoms with van der Waals surface area (Å²) in [5.74, 6) is -0.760. The van der Waals surface area contributed by atoms with Crippen molar-refractivity contribution in [2.24, 2.45) is 0 Å². The molecule has 0 spiro atoms. The Morgan fingerprint density at radius 1 is 0.892 bits per heavy atom. The highest BCUT2D eigenvalue weighted by molar-refractivity contribution is 7.92. The van der Waals surface area contributed by atoms with E-state index in [2.05, 4.69) is 5.32 Å². The summed E-state index contributed by atoms with van der Waals surface area (Å²) in [6, 6.07) is 20.5. The number of benzene rings is 3. The van der Waals surface area contributed by atoms with E-state index < -0.39 is 28.5 Å². The van der Waals surface area contributed by atoms with E-state index in [1.165, 1.54) is 11.9 Å². The van der Waals surface area contributed by atoms with Crippen molar-refractivity contribution in [1.29, 1.82) is 0 Å². The molecule has 3 aromatic carbocycles. The molecule has 3 rings (SSSR count). The zero-order valence-electron chi connectivity index (χ0n) is 22.1. The number of nitrogens with one attached hydrogen (secondary N) is 1. The van der Waals surface area contributed by atoms with Gasteiger partial charge in [-0.1, -0.05) is 61.0 Å². The highest BCUT2D eigenvalue weighted by Gasteiger charge is 2.33. The van der Waals surface area contributed by atoms with Crippen molar-refractivity contribution in [3.8, 4) is 0 Å². The van der Waals surface area contributed by atoms with E-state index in [-0.39, 0.29) is 17.3 Å². The minimum Gasteiger partial charge on any atom is -0.357 e. The first-order valence-corrected chi connectivity index (χ1v) is 13.7. The van der Waals surface area contributed by atoms with E-state index >= 15 is 0 Å². The van der Waals surface area contributed by atoms with Crippen LogP contribution in [0.15, 0.2) is 77.7 Å². The zero-order valence-corrected chi connectivity index (χ0v) is 22.9. The number of carbonyl (C=O) groups excluding carboxylic acids is 2. The Balaban J connectivity index is 2.07. The van der Waals surface area contributed by atoms with E-state index in [4.69, 9.17) is 0 Å². The molecule has 8 heteroatoms. The molecule has 0 saturated heterocycles. The number of hydrogen-bond acceptors (Lipinski definition) is 4.